The molecule has 0 aromatic rings. The molecule has 1 aliphatic carbocycles. The molecule has 2 fully saturated rings. The Balaban J connectivity index is 1.91. The standard InChI is InChI=1S/C16H31N3O2S/c1-3-17-15(19-13-4-6-14(20)7-5-13)18-12-16(22-2)8-10-21-11-9-16/h13-14,20H,3-12H2,1-2H3,(H2,17,18,19). The molecule has 3 N–H and O–H groups in total. The number of guanidine groups is 1. The molecule has 0 bridgehead atoms. The fourth-order valence-electron chi connectivity index (χ4n) is 3.13. The Morgan fingerprint density at radius 3 is 2.55 bits per heavy atom. The van der Waals surface area contributed by atoms with Crippen LogP contribution in [0.15, 0.2) is 4.99 Å². The second kappa shape index (κ2) is 8.99. The number of nitrogens with one attached hydrogen (secondary N) is 2. The Labute approximate surface area is 138 Å². The summed E-state index contributed by atoms with van der Waals surface area (Å²) in [5.74, 6) is 0.920. The lowest BCUT2D eigenvalue weighted by Gasteiger charge is -2.34. The van der Waals surface area contributed by atoms with Crippen molar-refractivity contribution in [2.45, 2.75) is 62.3 Å². The molecule has 0 atom stereocenters. The van der Waals surface area contributed by atoms with E-state index in [4.69, 9.17) is 9.73 Å². The maximum atomic E-state index is 9.62. The minimum atomic E-state index is -0.112. The SMILES string of the molecule is CCNC(=NCC1(SC)CCOCC1)NC1CCC(O)CC1. The van der Waals surface area contributed by atoms with Gasteiger partial charge in [0.25, 0.3) is 0 Å². The van der Waals surface area contributed by atoms with Gasteiger partial charge in [-0.1, -0.05) is 0 Å². The number of rotatable bonds is 5. The van der Waals surface area contributed by atoms with E-state index >= 15 is 0 Å². The van der Waals surface area contributed by atoms with E-state index in [-0.39, 0.29) is 10.9 Å². The van der Waals surface area contributed by atoms with Crippen LogP contribution in [0.25, 0.3) is 0 Å². The second-order valence-electron chi connectivity index (χ2n) is 6.34. The van der Waals surface area contributed by atoms with Crippen molar-refractivity contribution in [2.75, 3.05) is 32.6 Å². The summed E-state index contributed by atoms with van der Waals surface area (Å²) in [6.45, 7) is 5.50. The normalized spacial score (nSPS) is 29.1. The van der Waals surface area contributed by atoms with Gasteiger partial charge >= 0.3 is 0 Å². The lowest BCUT2D eigenvalue weighted by atomic mass is 9.93. The first-order chi connectivity index (χ1) is 10.7. The zero-order valence-electron chi connectivity index (χ0n) is 13.9. The molecule has 22 heavy (non-hydrogen) atoms. The molecule has 0 aromatic heterocycles. The van der Waals surface area contributed by atoms with Crippen LogP contribution >= 0.6 is 11.8 Å². The highest BCUT2D eigenvalue weighted by atomic mass is 32.2. The Morgan fingerprint density at radius 2 is 1.95 bits per heavy atom. The summed E-state index contributed by atoms with van der Waals surface area (Å²) in [5.41, 5.74) is 0. The van der Waals surface area contributed by atoms with Gasteiger partial charge in [-0.15, -0.1) is 0 Å². The lowest BCUT2D eigenvalue weighted by molar-refractivity contribution is 0.0794. The van der Waals surface area contributed by atoms with Gasteiger partial charge in [-0.25, -0.2) is 0 Å². The maximum Gasteiger partial charge on any atom is 0.191 e. The number of hydrogen-bond acceptors (Lipinski definition) is 4. The van der Waals surface area contributed by atoms with Crippen LogP contribution in [0.5, 0.6) is 0 Å². The predicted molar refractivity (Wildman–Crippen MR) is 93.7 cm³/mol. The van der Waals surface area contributed by atoms with Crippen LogP contribution in [-0.4, -0.2) is 60.5 Å². The Morgan fingerprint density at radius 1 is 1.27 bits per heavy atom. The molecule has 2 aliphatic rings. The van der Waals surface area contributed by atoms with E-state index in [1.54, 1.807) is 0 Å². The number of hydrogen-bond donors (Lipinski definition) is 3. The Hall–Kier alpha value is -0.460. The van der Waals surface area contributed by atoms with Crippen LogP contribution < -0.4 is 10.6 Å². The highest BCUT2D eigenvalue weighted by Gasteiger charge is 2.31. The highest BCUT2D eigenvalue weighted by Crippen LogP contribution is 2.34. The molecule has 0 radical (unpaired) electrons. The largest absolute Gasteiger partial charge is 0.393 e. The van der Waals surface area contributed by atoms with Crippen molar-refractivity contribution < 1.29 is 9.84 Å². The molecule has 0 aromatic carbocycles. The van der Waals surface area contributed by atoms with Gasteiger partial charge in [0, 0.05) is 30.5 Å². The summed E-state index contributed by atoms with van der Waals surface area (Å²) >= 11 is 1.92. The van der Waals surface area contributed by atoms with Crippen molar-refractivity contribution in [1.82, 2.24) is 10.6 Å². The van der Waals surface area contributed by atoms with Gasteiger partial charge in [0.05, 0.1) is 12.6 Å². The zero-order chi connectivity index (χ0) is 15.8. The van der Waals surface area contributed by atoms with Crippen molar-refractivity contribution in [3.63, 3.8) is 0 Å². The number of nitrogens with zero attached hydrogens (tertiary/aromatic N) is 1. The molecule has 0 spiro atoms. The summed E-state index contributed by atoms with van der Waals surface area (Å²) in [6.07, 6.45) is 8.05. The topological polar surface area (TPSA) is 65.9 Å². The van der Waals surface area contributed by atoms with Crippen LogP contribution in [0.1, 0.15) is 45.4 Å². The summed E-state index contributed by atoms with van der Waals surface area (Å²) < 4.78 is 5.72. The molecule has 2 rings (SSSR count). The third-order valence-electron chi connectivity index (χ3n) is 4.74. The van der Waals surface area contributed by atoms with E-state index in [1.165, 1.54) is 0 Å². The molecule has 1 saturated carbocycles. The molecule has 5 nitrogen and oxygen atoms in total. The minimum absolute atomic E-state index is 0.112. The molecule has 1 saturated heterocycles. The van der Waals surface area contributed by atoms with E-state index in [1.807, 2.05) is 11.8 Å². The van der Waals surface area contributed by atoms with E-state index in [0.717, 1.165) is 70.8 Å². The molecule has 1 heterocycles. The van der Waals surface area contributed by atoms with Gasteiger partial charge in [-0.3, -0.25) is 4.99 Å². The third-order valence-corrected chi connectivity index (χ3v) is 6.15. The van der Waals surface area contributed by atoms with Gasteiger partial charge in [-0.2, -0.15) is 11.8 Å². The maximum absolute atomic E-state index is 9.62. The fraction of sp³-hybridized carbons (Fsp3) is 0.938. The molecule has 128 valence electrons. The smallest absolute Gasteiger partial charge is 0.191 e. The van der Waals surface area contributed by atoms with Crippen molar-refractivity contribution in [3.05, 3.63) is 0 Å². The first-order valence-electron chi connectivity index (χ1n) is 8.53. The molecular weight excluding hydrogens is 298 g/mol. The van der Waals surface area contributed by atoms with Crippen LogP contribution in [0.2, 0.25) is 0 Å². The summed E-state index contributed by atoms with van der Waals surface area (Å²) in [4.78, 5) is 4.85. The van der Waals surface area contributed by atoms with Crippen molar-refractivity contribution in [1.29, 1.82) is 0 Å². The summed E-state index contributed by atoms with van der Waals surface area (Å²) in [5, 5.41) is 16.5. The van der Waals surface area contributed by atoms with Crippen molar-refractivity contribution >= 4 is 17.7 Å². The molecule has 0 amide bonds. The average Bonchev–Trinajstić information content (AvgIpc) is 2.56. The van der Waals surface area contributed by atoms with E-state index in [2.05, 4.69) is 23.8 Å². The number of thioether (sulfide) groups is 1. The molecule has 0 unspecified atom stereocenters. The van der Waals surface area contributed by atoms with Crippen LogP contribution in [-0.2, 0) is 4.74 Å². The Bertz CT molecular complexity index is 351. The number of aliphatic imine (C=N–C) groups is 1. The van der Waals surface area contributed by atoms with E-state index < -0.39 is 0 Å². The predicted octanol–water partition coefficient (Wildman–Crippen LogP) is 1.76. The van der Waals surface area contributed by atoms with Gasteiger partial charge < -0.3 is 20.5 Å². The summed E-state index contributed by atoms with van der Waals surface area (Å²) in [6, 6.07) is 0.432. The van der Waals surface area contributed by atoms with Gasteiger partial charge in [0.15, 0.2) is 5.96 Å². The summed E-state index contributed by atoms with van der Waals surface area (Å²) in [7, 11) is 0. The second-order valence-corrected chi connectivity index (χ2v) is 7.62. The Kier molecular flexibility index (Phi) is 7.31. The minimum Gasteiger partial charge on any atom is -0.393 e. The average molecular weight is 330 g/mol. The molecular formula is C16H31N3O2S. The number of aliphatic hydroxyl groups excluding tert-OH is 1. The first kappa shape index (κ1) is 17.9. The van der Waals surface area contributed by atoms with Crippen LogP contribution in [0, 0.1) is 0 Å². The first-order valence-corrected chi connectivity index (χ1v) is 9.76. The van der Waals surface area contributed by atoms with Crippen LogP contribution in [0.4, 0.5) is 0 Å². The monoisotopic (exact) mass is 329 g/mol. The van der Waals surface area contributed by atoms with Crippen molar-refractivity contribution in [3.8, 4) is 0 Å². The number of ether oxygens (including phenoxy) is 1. The van der Waals surface area contributed by atoms with Gasteiger partial charge in [-0.05, 0) is 51.7 Å². The van der Waals surface area contributed by atoms with E-state index in [0.29, 0.717) is 6.04 Å². The molecule has 6 heteroatoms. The van der Waals surface area contributed by atoms with Gasteiger partial charge in [0.1, 0.15) is 0 Å². The van der Waals surface area contributed by atoms with Gasteiger partial charge in [0.2, 0.25) is 0 Å². The third kappa shape index (κ3) is 5.32. The zero-order valence-corrected chi connectivity index (χ0v) is 14.8. The van der Waals surface area contributed by atoms with Crippen LogP contribution in [0.3, 0.4) is 0 Å². The lowest BCUT2D eigenvalue weighted by Crippen LogP contribution is -2.46. The fourth-order valence-corrected chi connectivity index (χ4v) is 3.90. The number of aliphatic hydroxyl groups is 1. The molecule has 1 aliphatic heterocycles. The van der Waals surface area contributed by atoms with E-state index in [9.17, 15) is 5.11 Å². The quantitative estimate of drug-likeness (QED) is 0.530. The highest BCUT2D eigenvalue weighted by molar-refractivity contribution is 8.00. The van der Waals surface area contributed by atoms with Crippen molar-refractivity contribution in [2.24, 2.45) is 4.99 Å².